The van der Waals surface area contributed by atoms with Crippen LogP contribution >= 0.6 is 0 Å². The van der Waals surface area contributed by atoms with Crippen molar-refractivity contribution in [3.8, 4) is 0 Å². The molecule has 0 aliphatic carbocycles. The Hall–Kier alpha value is -4.05. The summed E-state index contributed by atoms with van der Waals surface area (Å²) in [4.78, 5) is 61.5. The number of rotatable bonds is 11. The number of esters is 2. The Morgan fingerprint density at radius 2 is 1.55 bits per heavy atom. The number of anilines is 1. The zero-order valence-electron chi connectivity index (χ0n) is 17.9. The summed E-state index contributed by atoms with van der Waals surface area (Å²) < 4.78 is 9.93. The highest BCUT2D eigenvalue weighted by Crippen LogP contribution is 2.15. The van der Waals surface area contributed by atoms with Crippen molar-refractivity contribution in [1.29, 1.82) is 0 Å². The van der Waals surface area contributed by atoms with Crippen LogP contribution in [0.5, 0.6) is 0 Å². The number of amides is 1. The Labute approximate surface area is 189 Å². The SMILES string of the molecule is CC(=O)N(CC(=O)OC(N)C(=O)C(CC(=O)O)C(=O)OCc1ccccc1)c1ccccc1. The van der Waals surface area contributed by atoms with Crippen molar-refractivity contribution >= 4 is 35.3 Å². The van der Waals surface area contributed by atoms with E-state index in [0.29, 0.717) is 11.3 Å². The number of nitrogens with zero attached hydrogens (tertiary/aromatic N) is 1. The summed E-state index contributed by atoms with van der Waals surface area (Å²) in [5, 5.41) is 9.08. The van der Waals surface area contributed by atoms with E-state index >= 15 is 0 Å². The number of carbonyl (C=O) groups excluding carboxylic acids is 4. The Morgan fingerprint density at radius 1 is 0.970 bits per heavy atom. The maximum atomic E-state index is 12.6. The Balaban J connectivity index is 2.03. The van der Waals surface area contributed by atoms with E-state index in [2.05, 4.69) is 0 Å². The molecule has 0 spiro atoms. The van der Waals surface area contributed by atoms with Gasteiger partial charge < -0.3 is 19.5 Å². The molecule has 10 heteroatoms. The molecule has 2 unspecified atom stereocenters. The number of carboxylic acid groups (broad SMARTS) is 1. The number of carbonyl (C=O) groups is 5. The highest BCUT2D eigenvalue weighted by molar-refractivity contribution is 6.04. The normalized spacial score (nSPS) is 12.2. The zero-order valence-corrected chi connectivity index (χ0v) is 17.9. The molecule has 33 heavy (non-hydrogen) atoms. The monoisotopic (exact) mass is 456 g/mol. The number of Topliss-reactive ketones (excluding diaryl/α,β-unsaturated/α-hetero) is 1. The van der Waals surface area contributed by atoms with E-state index in [0.717, 1.165) is 4.90 Å². The maximum absolute atomic E-state index is 12.6. The van der Waals surface area contributed by atoms with Gasteiger partial charge in [0.2, 0.25) is 17.9 Å². The third-order valence-corrected chi connectivity index (χ3v) is 4.50. The fourth-order valence-electron chi connectivity index (χ4n) is 2.86. The van der Waals surface area contributed by atoms with Gasteiger partial charge in [0, 0.05) is 12.6 Å². The van der Waals surface area contributed by atoms with E-state index in [-0.39, 0.29) is 6.61 Å². The molecule has 0 heterocycles. The van der Waals surface area contributed by atoms with Crippen molar-refractivity contribution in [2.75, 3.05) is 11.4 Å². The zero-order chi connectivity index (χ0) is 24.4. The van der Waals surface area contributed by atoms with Crippen LogP contribution in [0.2, 0.25) is 0 Å². The molecule has 0 radical (unpaired) electrons. The molecule has 3 N–H and O–H groups in total. The lowest BCUT2D eigenvalue weighted by molar-refractivity contribution is -0.164. The average Bonchev–Trinajstić information content (AvgIpc) is 2.79. The number of aliphatic carboxylic acids is 1. The molecule has 2 atom stereocenters. The second-order valence-electron chi connectivity index (χ2n) is 7.00. The third kappa shape index (κ3) is 7.86. The predicted octanol–water partition coefficient (Wildman–Crippen LogP) is 1.27. The van der Waals surface area contributed by atoms with Crippen LogP contribution in [-0.4, -0.2) is 47.5 Å². The van der Waals surface area contributed by atoms with Gasteiger partial charge in [-0.15, -0.1) is 0 Å². The van der Waals surface area contributed by atoms with Crippen LogP contribution in [0.25, 0.3) is 0 Å². The Bertz CT molecular complexity index is 994. The van der Waals surface area contributed by atoms with Crippen LogP contribution in [0.1, 0.15) is 18.9 Å². The lowest BCUT2D eigenvalue weighted by atomic mass is 9.99. The smallest absolute Gasteiger partial charge is 0.328 e. The van der Waals surface area contributed by atoms with Crippen molar-refractivity contribution in [2.45, 2.75) is 26.2 Å². The second kappa shape index (κ2) is 12.1. The van der Waals surface area contributed by atoms with Crippen LogP contribution in [0, 0.1) is 5.92 Å². The number of nitrogens with two attached hydrogens (primary N) is 1. The van der Waals surface area contributed by atoms with Gasteiger partial charge in [-0.3, -0.25) is 29.7 Å². The minimum absolute atomic E-state index is 0.178. The molecule has 174 valence electrons. The third-order valence-electron chi connectivity index (χ3n) is 4.50. The van der Waals surface area contributed by atoms with Gasteiger partial charge in [0.1, 0.15) is 19.1 Å². The van der Waals surface area contributed by atoms with Crippen molar-refractivity contribution in [1.82, 2.24) is 0 Å². The van der Waals surface area contributed by atoms with Crippen LogP contribution in [0.4, 0.5) is 5.69 Å². The first-order valence-corrected chi connectivity index (χ1v) is 9.93. The van der Waals surface area contributed by atoms with Gasteiger partial charge in [0.25, 0.3) is 0 Å². The maximum Gasteiger partial charge on any atom is 0.328 e. The average molecular weight is 456 g/mol. The molecular formula is C23H24N2O8. The molecule has 2 aromatic rings. The molecule has 0 fully saturated rings. The van der Waals surface area contributed by atoms with Crippen LogP contribution in [0.15, 0.2) is 60.7 Å². The summed E-state index contributed by atoms with van der Waals surface area (Å²) in [6.45, 7) is 0.530. The Kier molecular flexibility index (Phi) is 9.25. The van der Waals surface area contributed by atoms with E-state index < -0.39 is 54.7 Å². The molecule has 0 bridgehead atoms. The van der Waals surface area contributed by atoms with Crippen molar-refractivity contribution in [3.05, 3.63) is 66.2 Å². The number of ether oxygens (including phenoxy) is 2. The van der Waals surface area contributed by atoms with Crippen LogP contribution < -0.4 is 10.6 Å². The predicted molar refractivity (Wildman–Crippen MR) is 116 cm³/mol. The molecule has 0 aliphatic rings. The summed E-state index contributed by atoms with van der Waals surface area (Å²) in [7, 11) is 0. The number of hydrogen-bond acceptors (Lipinski definition) is 8. The molecule has 0 saturated carbocycles. The minimum atomic E-state index is -1.92. The summed E-state index contributed by atoms with van der Waals surface area (Å²) in [6.07, 6.45) is -2.81. The van der Waals surface area contributed by atoms with Gasteiger partial charge >= 0.3 is 17.9 Å². The molecule has 10 nitrogen and oxygen atoms in total. The minimum Gasteiger partial charge on any atom is -0.481 e. The molecule has 2 aromatic carbocycles. The number of hydrogen-bond donors (Lipinski definition) is 2. The van der Waals surface area contributed by atoms with E-state index in [4.69, 9.17) is 20.3 Å². The van der Waals surface area contributed by atoms with E-state index in [1.807, 2.05) is 0 Å². The standard InChI is InChI=1S/C23H24N2O8/c1-15(26)25(17-10-6-3-7-11-17)13-20(29)33-22(24)21(30)18(12-19(27)28)23(31)32-14-16-8-4-2-5-9-16/h2-11,18,22H,12-14,24H2,1H3,(H,27,28). The van der Waals surface area contributed by atoms with Gasteiger partial charge in [-0.05, 0) is 17.7 Å². The molecule has 2 rings (SSSR count). The first-order valence-electron chi connectivity index (χ1n) is 9.93. The highest BCUT2D eigenvalue weighted by atomic mass is 16.6. The van der Waals surface area contributed by atoms with E-state index in [1.54, 1.807) is 60.7 Å². The second-order valence-corrected chi connectivity index (χ2v) is 7.00. The first kappa shape index (κ1) is 25.2. The number of para-hydroxylation sites is 1. The fraction of sp³-hybridized carbons (Fsp3) is 0.261. The van der Waals surface area contributed by atoms with E-state index in [9.17, 15) is 24.0 Å². The van der Waals surface area contributed by atoms with Crippen LogP contribution in [-0.2, 0) is 40.1 Å². The van der Waals surface area contributed by atoms with E-state index in [1.165, 1.54) is 6.92 Å². The molecule has 0 aromatic heterocycles. The highest BCUT2D eigenvalue weighted by Gasteiger charge is 2.36. The topological polar surface area (TPSA) is 153 Å². The molecule has 0 aliphatic heterocycles. The van der Waals surface area contributed by atoms with Crippen molar-refractivity contribution in [2.24, 2.45) is 11.7 Å². The van der Waals surface area contributed by atoms with Gasteiger partial charge in [-0.2, -0.15) is 0 Å². The number of benzene rings is 2. The summed E-state index contributed by atoms with van der Waals surface area (Å²) in [5.74, 6) is -6.90. The lowest BCUT2D eigenvalue weighted by Gasteiger charge is -2.22. The van der Waals surface area contributed by atoms with Crippen molar-refractivity contribution < 1.29 is 38.6 Å². The summed E-state index contributed by atoms with van der Waals surface area (Å²) in [5.41, 5.74) is 6.69. The molecule has 0 saturated heterocycles. The van der Waals surface area contributed by atoms with Gasteiger partial charge in [0.15, 0.2) is 0 Å². The largest absolute Gasteiger partial charge is 0.481 e. The number of carboxylic acids is 1. The number of ketones is 1. The molecular weight excluding hydrogens is 432 g/mol. The summed E-state index contributed by atoms with van der Waals surface area (Å²) in [6, 6.07) is 16.8. The lowest BCUT2D eigenvalue weighted by Crippen LogP contribution is -2.45. The van der Waals surface area contributed by atoms with Gasteiger partial charge in [-0.25, -0.2) is 0 Å². The fourth-order valence-corrected chi connectivity index (χ4v) is 2.86. The summed E-state index contributed by atoms with van der Waals surface area (Å²) >= 11 is 0. The van der Waals surface area contributed by atoms with Crippen LogP contribution in [0.3, 0.4) is 0 Å². The van der Waals surface area contributed by atoms with Gasteiger partial charge in [-0.1, -0.05) is 48.5 Å². The van der Waals surface area contributed by atoms with Crippen molar-refractivity contribution in [3.63, 3.8) is 0 Å². The Morgan fingerprint density at radius 3 is 2.09 bits per heavy atom. The first-order chi connectivity index (χ1) is 15.7. The molecule has 1 amide bonds. The quantitative estimate of drug-likeness (QED) is 0.289. The van der Waals surface area contributed by atoms with Gasteiger partial charge in [0.05, 0.1) is 6.42 Å².